The molecular formula is C22H19ClN2O3S. The third-order valence-corrected chi connectivity index (χ3v) is 6.10. The van der Waals surface area contributed by atoms with E-state index in [1.165, 1.54) is 11.9 Å². The molecule has 29 heavy (non-hydrogen) atoms. The number of nitrogens with zero attached hydrogens (tertiary/aromatic N) is 2. The Morgan fingerprint density at radius 1 is 0.931 bits per heavy atom. The second kappa shape index (κ2) is 8.27. The minimum absolute atomic E-state index is 0.152. The van der Waals surface area contributed by atoms with Gasteiger partial charge in [-0.3, -0.25) is 4.90 Å². The molecule has 0 radical (unpaired) electrons. The van der Waals surface area contributed by atoms with Gasteiger partial charge in [0.05, 0.1) is 37.0 Å². The van der Waals surface area contributed by atoms with Crippen LogP contribution in [-0.4, -0.2) is 20.3 Å². The van der Waals surface area contributed by atoms with Crippen molar-refractivity contribution in [1.29, 1.82) is 0 Å². The number of urea groups is 1. The van der Waals surface area contributed by atoms with Crippen LogP contribution in [0.4, 0.5) is 16.2 Å². The van der Waals surface area contributed by atoms with Crippen molar-refractivity contribution in [3.05, 3.63) is 77.3 Å². The summed E-state index contributed by atoms with van der Waals surface area (Å²) in [4.78, 5) is 16.2. The number of carbonyl (C=O) groups is 1. The van der Waals surface area contributed by atoms with Crippen molar-refractivity contribution in [3.63, 3.8) is 0 Å². The summed E-state index contributed by atoms with van der Waals surface area (Å²) < 4.78 is 12.4. The second-order valence-electron chi connectivity index (χ2n) is 6.35. The molecule has 0 N–H and O–H groups in total. The number of fused-ring (bicyclic) bond motifs is 1. The number of amides is 2. The fourth-order valence-corrected chi connectivity index (χ4v) is 4.37. The molecule has 148 valence electrons. The maximum atomic E-state index is 13.5. The molecule has 0 fully saturated rings. The van der Waals surface area contributed by atoms with E-state index in [4.69, 9.17) is 21.1 Å². The van der Waals surface area contributed by atoms with Crippen molar-refractivity contribution in [2.24, 2.45) is 0 Å². The van der Waals surface area contributed by atoms with Crippen LogP contribution < -0.4 is 18.7 Å². The molecule has 5 nitrogen and oxygen atoms in total. The van der Waals surface area contributed by atoms with Crippen LogP contribution in [0.25, 0.3) is 0 Å². The highest BCUT2D eigenvalue weighted by molar-refractivity contribution is 8.01. The number of halogens is 1. The lowest BCUT2D eigenvalue weighted by Gasteiger charge is -2.36. The summed E-state index contributed by atoms with van der Waals surface area (Å²) >= 11 is 7.74. The highest BCUT2D eigenvalue weighted by Gasteiger charge is 2.33. The van der Waals surface area contributed by atoms with Crippen molar-refractivity contribution in [3.8, 4) is 11.5 Å². The summed E-state index contributed by atoms with van der Waals surface area (Å²) in [5.41, 5.74) is 2.45. The first-order valence-corrected chi connectivity index (χ1v) is 10.1. The summed E-state index contributed by atoms with van der Waals surface area (Å²) in [6, 6.07) is 20.7. The zero-order chi connectivity index (χ0) is 20.4. The van der Waals surface area contributed by atoms with Gasteiger partial charge in [0, 0.05) is 11.1 Å². The Labute approximate surface area is 178 Å². The Kier molecular flexibility index (Phi) is 5.56. The predicted molar refractivity (Wildman–Crippen MR) is 117 cm³/mol. The first-order chi connectivity index (χ1) is 14.1. The summed E-state index contributed by atoms with van der Waals surface area (Å²) in [5, 5.41) is 0.633. The molecule has 0 aliphatic carbocycles. The second-order valence-corrected chi connectivity index (χ2v) is 7.75. The molecule has 7 heteroatoms. The lowest BCUT2D eigenvalue weighted by atomic mass is 10.2. The molecule has 1 aliphatic heterocycles. The molecule has 0 aromatic heterocycles. The Morgan fingerprint density at radius 2 is 1.66 bits per heavy atom. The zero-order valence-electron chi connectivity index (χ0n) is 16.0. The SMILES string of the molecule is COc1ccc(N2Sc3ccccc3N(Cc3ccccc3Cl)C2=O)cc1OC. The van der Waals surface area contributed by atoms with E-state index in [9.17, 15) is 4.79 Å². The molecule has 3 aromatic rings. The smallest absolute Gasteiger partial charge is 0.339 e. The Bertz CT molecular complexity index is 1060. The highest BCUT2D eigenvalue weighted by atomic mass is 35.5. The minimum atomic E-state index is -0.152. The van der Waals surface area contributed by atoms with Crippen molar-refractivity contribution >= 4 is 41.0 Å². The van der Waals surface area contributed by atoms with Crippen molar-refractivity contribution < 1.29 is 14.3 Å². The average molecular weight is 427 g/mol. The van der Waals surface area contributed by atoms with E-state index >= 15 is 0 Å². The van der Waals surface area contributed by atoms with Gasteiger partial charge < -0.3 is 9.47 Å². The number of benzene rings is 3. The van der Waals surface area contributed by atoms with E-state index in [1.54, 1.807) is 35.6 Å². The van der Waals surface area contributed by atoms with Crippen LogP contribution in [0, 0.1) is 0 Å². The lowest BCUT2D eigenvalue weighted by Crippen LogP contribution is -2.42. The van der Waals surface area contributed by atoms with Gasteiger partial charge in [-0.15, -0.1) is 0 Å². The van der Waals surface area contributed by atoms with Crippen LogP contribution >= 0.6 is 23.5 Å². The van der Waals surface area contributed by atoms with Gasteiger partial charge >= 0.3 is 6.03 Å². The van der Waals surface area contributed by atoms with Crippen molar-refractivity contribution in [2.45, 2.75) is 11.4 Å². The van der Waals surface area contributed by atoms with E-state index < -0.39 is 0 Å². The van der Waals surface area contributed by atoms with Crippen LogP contribution in [0.2, 0.25) is 5.02 Å². The number of rotatable bonds is 5. The van der Waals surface area contributed by atoms with E-state index in [0.29, 0.717) is 28.8 Å². The van der Waals surface area contributed by atoms with E-state index in [2.05, 4.69) is 0 Å². The maximum absolute atomic E-state index is 13.5. The number of carbonyl (C=O) groups excluding carboxylic acids is 1. The van der Waals surface area contributed by atoms with Crippen molar-refractivity contribution in [1.82, 2.24) is 0 Å². The summed E-state index contributed by atoms with van der Waals surface area (Å²) in [6.07, 6.45) is 0. The fraction of sp³-hybridized carbons (Fsp3) is 0.136. The number of hydrogen-bond donors (Lipinski definition) is 0. The number of anilines is 2. The van der Waals surface area contributed by atoms with Gasteiger partial charge in [0.1, 0.15) is 0 Å². The van der Waals surface area contributed by atoms with Crippen LogP contribution in [0.5, 0.6) is 11.5 Å². The summed E-state index contributed by atoms with van der Waals surface area (Å²) in [6.45, 7) is 0.375. The number of ether oxygens (including phenoxy) is 2. The van der Waals surface area contributed by atoms with Crippen molar-refractivity contribution in [2.75, 3.05) is 23.4 Å². The molecule has 0 spiro atoms. The van der Waals surface area contributed by atoms with Gasteiger partial charge in [0.25, 0.3) is 0 Å². The molecule has 2 amide bonds. The number of para-hydroxylation sites is 1. The molecule has 4 rings (SSSR count). The predicted octanol–water partition coefficient (Wildman–Crippen LogP) is 6.01. The molecule has 3 aromatic carbocycles. The minimum Gasteiger partial charge on any atom is -0.493 e. The third kappa shape index (κ3) is 3.73. The van der Waals surface area contributed by atoms with Gasteiger partial charge in [0.15, 0.2) is 11.5 Å². The lowest BCUT2D eigenvalue weighted by molar-refractivity contribution is 0.254. The molecule has 0 bridgehead atoms. The molecule has 0 saturated carbocycles. The molecular weight excluding hydrogens is 408 g/mol. The number of hydrogen-bond acceptors (Lipinski definition) is 4. The Morgan fingerprint density at radius 3 is 2.41 bits per heavy atom. The Hall–Kier alpha value is -2.83. The monoisotopic (exact) mass is 426 g/mol. The van der Waals surface area contributed by atoms with Crippen LogP contribution in [0.1, 0.15) is 5.56 Å². The first kappa shape index (κ1) is 19.5. The standard InChI is InChI=1S/C22H19ClN2O3S/c1-27-19-12-11-16(13-20(19)28-2)25-22(26)24(14-15-7-3-4-8-17(15)23)18-9-5-6-10-21(18)29-25/h3-13H,14H2,1-2H3. The fourth-order valence-electron chi connectivity index (χ4n) is 3.17. The van der Waals surface area contributed by atoms with E-state index in [1.807, 2.05) is 54.6 Å². The average Bonchev–Trinajstić information content (AvgIpc) is 2.76. The first-order valence-electron chi connectivity index (χ1n) is 8.96. The van der Waals surface area contributed by atoms with E-state index in [0.717, 1.165) is 16.1 Å². The number of methoxy groups -OCH3 is 2. The van der Waals surface area contributed by atoms with Gasteiger partial charge in [-0.25, -0.2) is 9.10 Å². The van der Waals surface area contributed by atoms with E-state index in [-0.39, 0.29) is 6.03 Å². The van der Waals surface area contributed by atoms with Gasteiger partial charge in [-0.05, 0) is 47.8 Å². The van der Waals surface area contributed by atoms with Gasteiger partial charge in [-0.2, -0.15) is 0 Å². The summed E-state index contributed by atoms with van der Waals surface area (Å²) in [7, 11) is 3.16. The Balaban J connectivity index is 1.75. The van der Waals surface area contributed by atoms with Crippen LogP contribution in [0.15, 0.2) is 71.6 Å². The quantitative estimate of drug-likeness (QED) is 0.468. The maximum Gasteiger partial charge on any atom is 0.339 e. The molecule has 1 aliphatic rings. The topological polar surface area (TPSA) is 42.0 Å². The van der Waals surface area contributed by atoms with Gasteiger partial charge in [-0.1, -0.05) is 41.9 Å². The largest absolute Gasteiger partial charge is 0.493 e. The summed E-state index contributed by atoms with van der Waals surface area (Å²) in [5.74, 6) is 1.17. The highest BCUT2D eigenvalue weighted by Crippen LogP contribution is 2.44. The van der Waals surface area contributed by atoms with Crippen LogP contribution in [-0.2, 0) is 6.54 Å². The third-order valence-electron chi connectivity index (χ3n) is 4.64. The molecule has 0 unspecified atom stereocenters. The molecule has 0 atom stereocenters. The molecule has 1 heterocycles. The zero-order valence-corrected chi connectivity index (χ0v) is 17.5. The van der Waals surface area contributed by atoms with Gasteiger partial charge in [0.2, 0.25) is 0 Å². The molecule has 0 saturated heterocycles. The normalized spacial score (nSPS) is 13.3. The van der Waals surface area contributed by atoms with Crippen LogP contribution in [0.3, 0.4) is 0 Å².